The zero-order chi connectivity index (χ0) is 11.4. The Hall–Kier alpha value is -0.581. The quantitative estimate of drug-likeness (QED) is 0.356. The second kappa shape index (κ2) is 14.4. The number of alkyl halides is 1. The average Bonchev–Trinajstić information content (AvgIpc) is 2.96. The Bertz CT molecular complexity index is 245. The molecule has 0 bridgehead atoms. The van der Waals surface area contributed by atoms with Gasteiger partial charge in [0.2, 0.25) is 5.91 Å². The molecule has 2 nitrogen and oxygen atoms in total. The number of rotatable bonds is 1. The van der Waals surface area contributed by atoms with E-state index in [1.54, 1.807) is 0 Å². The number of carbonyl (C=O) groups excluding carboxylic acids is 1. The van der Waals surface area contributed by atoms with E-state index in [1.807, 2.05) is 83.3 Å². The van der Waals surface area contributed by atoms with E-state index in [0.29, 0.717) is 4.43 Å². The third kappa shape index (κ3) is 15.9. The van der Waals surface area contributed by atoms with Crippen molar-refractivity contribution in [2.24, 2.45) is 5.73 Å². The van der Waals surface area contributed by atoms with E-state index in [-0.39, 0.29) is 23.0 Å². The molecule has 2 aromatic carbocycles. The zero-order valence-corrected chi connectivity index (χ0v) is 12.0. The van der Waals surface area contributed by atoms with Crippen LogP contribution in [0.1, 0.15) is 0 Å². The van der Waals surface area contributed by atoms with E-state index >= 15 is 0 Å². The van der Waals surface area contributed by atoms with Crippen molar-refractivity contribution >= 4 is 28.5 Å². The smallest absolute Gasteiger partial charge is 0.227 e. The number of halogens is 1. The maximum absolute atomic E-state index is 9.58. The van der Waals surface area contributed by atoms with Gasteiger partial charge in [0.05, 0.1) is 4.43 Å². The van der Waals surface area contributed by atoms with E-state index in [1.165, 1.54) is 0 Å². The maximum atomic E-state index is 9.58. The van der Waals surface area contributed by atoms with E-state index in [4.69, 9.17) is 0 Å². The van der Waals surface area contributed by atoms with Crippen molar-refractivity contribution in [2.75, 3.05) is 4.43 Å². The molecule has 0 heterocycles. The van der Waals surface area contributed by atoms with Crippen LogP contribution in [0.15, 0.2) is 60.7 Å². The predicted octanol–water partition coefficient (Wildman–Crippen LogP) is 2.72. The standard InChI is InChI=1S/2C5H5.C2H4INO.Fe/c2*1-2-4-5-3-1;3-1-2(4)5;/h2*1-5H;1H2,(H2,4,5);/q-5;-1;;. The van der Waals surface area contributed by atoms with Gasteiger partial charge in [0.25, 0.3) is 0 Å². The van der Waals surface area contributed by atoms with Crippen LogP contribution in [0.2, 0.25) is 0 Å². The average molecular weight is 371 g/mol. The normalized spacial score (nSPS) is 7.31. The zero-order valence-electron chi connectivity index (χ0n) is 8.70. The molecular weight excluding hydrogens is 357 g/mol. The molecular formula is C12H14FeINO-6. The van der Waals surface area contributed by atoms with Crippen LogP contribution in [0.4, 0.5) is 0 Å². The van der Waals surface area contributed by atoms with Crippen LogP contribution in [0.5, 0.6) is 0 Å². The molecule has 0 unspecified atom stereocenters. The van der Waals surface area contributed by atoms with Crippen molar-refractivity contribution in [3.05, 3.63) is 60.7 Å². The van der Waals surface area contributed by atoms with E-state index in [0.717, 1.165) is 0 Å². The van der Waals surface area contributed by atoms with Gasteiger partial charge < -0.3 is 36.1 Å². The summed E-state index contributed by atoms with van der Waals surface area (Å²) in [4.78, 5) is 9.58. The second-order valence-corrected chi connectivity index (χ2v) is 3.29. The number of amides is 1. The van der Waals surface area contributed by atoms with Gasteiger partial charge in [0.15, 0.2) is 0 Å². The van der Waals surface area contributed by atoms with E-state index in [9.17, 15) is 4.79 Å². The molecule has 0 saturated heterocycles. The molecule has 0 aliphatic heterocycles. The molecule has 0 atom stereocenters. The van der Waals surface area contributed by atoms with Crippen molar-refractivity contribution in [2.45, 2.75) is 0 Å². The Morgan fingerprint density at radius 1 is 1.06 bits per heavy atom. The van der Waals surface area contributed by atoms with E-state index < -0.39 is 0 Å². The summed E-state index contributed by atoms with van der Waals surface area (Å²) >= 11 is 1.90. The summed E-state index contributed by atoms with van der Waals surface area (Å²) < 4.78 is 0.414. The molecule has 1 amide bonds. The molecule has 0 radical (unpaired) electrons. The van der Waals surface area contributed by atoms with Gasteiger partial charge in [-0.05, 0) is 0 Å². The molecule has 0 aliphatic rings. The molecule has 0 aromatic heterocycles. The summed E-state index contributed by atoms with van der Waals surface area (Å²) in [5.74, 6) is -0.259. The third-order valence-corrected chi connectivity index (χ3v) is 1.99. The summed E-state index contributed by atoms with van der Waals surface area (Å²) in [7, 11) is 0. The van der Waals surface area contributed by atoms with Gasteiger partial charge in [0.1, 0.15) is 0 Å². The number of carbonyl (C=O) groups is 1. The van der Waals surface area contributed by atoms with Crippen LogP contribution in [0.3, 0.4) is 0 Å². The van der Waals surface area contributed by atoms with E-state index in [2.05, 4.69) is 5.73 Å². The molecule has 4 heteroatoms. The SMILES string of the molecule is NC(=O)CI.[Fe].[cH-]1[cH-][cH-][cH-][cH-]1.c1cc[cH-]c1. The number of hydrogen-bond acceptors (Lipinski definition) is 1. The van der Waals surface area contributed by atoms with Gasteiger partial charge in [-0.3, -0.25) is 4.79 Å². The van der Waals surface area contributed by atoms with Gasteiger partial charge in [-0.2, -0.15) is 18.2 Å². The summed E-state index contributed by atoms with van der Waals surface area (Å²) in [6, 6.07) is 20.0. The monoisotopic (exact) mass is 371 g/mol. The number of nitrogens with two attached hydrogens (primary N) is 1. The molecule has 2 N–H and O–H groups in total. The first-order chi connectivity index (χ1) is 7.27. The molecule has 16 heavy (non-hydrogen) atoms. The minimum absolute atomic E-state index is 0. The van der Waals surface area contributed by atoms with Crippen molar-refractivity contribution < 1.29 is 21.9 Å². The number of primary amides is 1. The van der Waals surface area contributed by atoms with Crippen LogP contribution in [0, 0.1) is 0 Å². The molecule has 2 rings (SSSR count). The van der Waals surface area contributed by atoms with Gasteiger partial charge in [-0.25, -0.2) is 12.1 Å². The first-order valence-electron chi connectivity index (χ1n) is 4.45. The molecule has 0 saturated carbocycles. The van der Waals surface area contributed by atoms with Crippen molar-refractivity contribution in [3.8, 4) is 0 Å². The topological polar surface area (TPSA) is 43.1 Å². The molecule has 94 valence electrons. The fourth-order valence-electron chi connectivity index (χ4n) is 0.642. The van der Waals surface area contributed by atoms with Gasteiger partial charge >= 0.3 is 0 Å². The first kappa shape index (κ1) is 17.8. The van der Waals surface area contributed by atoms with Crippen LogP contribution < -0.4 is 5.73 Å². The van der Waals surface area contributed by atoms with Crippen LogP contribution >= 0.6 is 22.6 Å². The van der Waals surface area contributed by atoms with Crippen LogP contribution in [-0.4, -0.2) is 10.3 Å². The Balaban J connectivity index is 0. The minimum Gasteiger partial charge on any atom is -0.748 e. The number of hydrogen-bond donors (Lipinski definition) is 1. The second-order valence-electron chi connectivity index (χ2n) is 2.52. The molecule has 0 spiro atoms. The first-order valence-corrected chi connectivity index (χ1v) is 5.97. The fourth-order valence-corrected chi connectivity index (χ4v) is 0.642. The Morgan fingerprint density at radius 3 is 1.50 bits per heavy atom. The van der Waals surface area contributed by atoms with Crippen molar-refractivity contribution in [1.29, 1.82) is 0 Å². The molecule has 2 aromatic rings. The van der Waals surface area contributed by atoms with Gasteiger partial charge in [0, 0.05) is 17.1 Å². The maximum Gasteiger partial charge on any atom is 0.227 e. The summed E-state index contributed by atoms with van der Waals surface area (Å²) in [6.45, 7) is 0. The minimum atomic E-state index is -0.259. The van der Waals surface area contributed by atoms with Crippen molar-refractivity contribution in [3.63, 3.8) is 0 Å². The third-order valence-electron chi connectivity index (χ3n) is 1.24. The largest absolute Gasteiger partial charge is 0.748 e. The molecule has 0 aliphatic carbocycles. The summed E-state index contributed by atoms with van der Waals surface area (Å²) in [6.07, 6.45) is 0. The Labute approximate surface area is 121 Å². The predicted molar refractivity (Wildman–Crippen MR) is 72.2 cm³/mol. The fraction of sp³-hybridized carbons (Fsp3) is 0.0833. The summed E-state index contributed by atoms with van der Waals surface area (Å²) in [5, 5.41) is 0. The van der Waals surface area contributed by atoms with Crippen LogP contribution in [-0.2, 0) is 21.9 Å². The summed E-state index contributed by atoms with van der Waals surface area (Å²) in [5.41, 5.74) is 4.65. The van der Waals surface area contributed by atoms with Crippen molar-refractivity contribution in [1.82, 2.24) is 0 Å². The van der Waals surface area contributed by atoms with Gasteiger partial charge in [-0.15, -0.1) is 0 Å². The Kier molecular flexibility index (Phi) is 16.0. The Morgan fingerprint density at radius 2 is 1.38 bits per heavy atom. The molecule has 0 fully saturated rings. The van der Waals surface area contributed by atoms with Crippen LogP contribution in [0.25, 0.3) is 0 Å². The van der Waals surface area contributed by atoms with Gasteiger partial charge in [-0.1, -0.05) is 22.6 Å².